The van der Waals surface area contributed by atoms with Gasteiger partial charge in [-0.1, -0.05) is 25.1 Å². The Kier molecular flexibility index (Phi) is 5.33. The molecule has 1 aromatic carbocycles. The van der Waals surface area contributed by atoms with Crippen molar-refractivity contribution in [1.29, 1.82) is 0 Å². The number of hydrogen-bond acceptors (Lipinski definition) is 3. The van der Waals surface area contributed by atoms with Crippen LogP contribution in [0, 0.1) is 0 Å². The summed E-state index contributed by atoms with van der Waals surface area (Å²) in [6, 6.07) is 8.55. The van der Waals surface area contributed by atoms with E-state index in [4.69, 9.17) is 4.74 Å². The first-order valence-electron chi connectivity index (χ1n) is 8.21. The fraction of sp³-hybridized carbons (Fsp3) is 0.611. The zero-order chi connectivity index (χ0) is 16.2. The van der Waals surface area contributed by atoms with Crippen LogP contribution in [0.15, 0.2) is 24.3 Å². The number of nitrogens with zero attached hydrogens (tertiary/aromatic N) is 2. The van der Waals surface area contributed by atoms with Crippen LogP contribution in [0.5, 0.6) is 0 Å². The summed E-state index contributed by atoms with van der Waals surface area (Å²) in [5.74, 6) is 0. The lowest BCUT2D eigenvalue weighted by Gasteiger charge is -2.27. The van der Waals surface area contributed by atoms with Gasteiger partial charge in [-0.3, -0.25) is 0 Å². The number of benzene rings is 1. The first-order valence-corrected chi connectivity index (χ1v) is 8.21. The average Bonchev–Trinajstić information content (AvgIpc) is 2.71. The minimum atomic E-state index is -0.433. The normalized spacial score (nSPS) is 16.4. The molecule has 122 valence electrons. The quantitative estimate of drug-likeness (QED) is 0.835. The Morgan fingerprint density at radius 1 is 1.14 bits per heavy atom. The summed E-state index contributed by atoms with van der Waals surface area (Å²) in [5, 5.41) is 0. The van der Waals surface area contributed by atoms with Gasteiger partial charge in [0.05, 0.1) is 0 Å². The summed E-state index contributed by atoms with van der Waals surface area (Å²) in [4.78, 5) is 16.4. The number of amides is 1. The fourth-order valence-corrected chi connectivity index (χ4v) is 2.79. The molecule has 0 N–H and O–H groups in total. The predicted molar refractivity (Wildman–Crippen MR) is 90.5 cm³/mol. The Morgan fingerprint density at radius 3 is 2.55 bits per heavy atom. The van der Waals surface area contributed by atoms with Gasteiger partial charge >= 0.3 is 6.09 Å². The Balaban J connectivity index is 2.02. The third kappa shape index (κ3) is 4.39. The van der Waals surface area contributed by atoms with Gasteiger partial charge < -0.3 is 14.5 Å². The molecular formula is C18H28N2O2. The highest BCUT2D eigenvalue weighted by atomic mass is 16.6. The zero-order valence-corrected chi connectivity index (χ0v) is 14.3. The first-order chi connectivity index (χ1) is 10.4. The van der Waals surface area contributed by atoms with Gasteiger partial charge in [0.2, 0.25) is 0 Å². The molecule has 22 heavy (non-hydrogen) atoms. The van der Waals surface area contributed by atoms with Crippen LogP contribution in [0.25, 0.3) is 0 Å². The Bertz CT molecular complexity index is 508. The van der Waals surface area contributed by atoms with E-state index in [0.717, 1.165) is 32.5 Å². The number of hydrogen-bond donors (Lipinski definition) is 0. The molecule has 0 spiro atoms. The van der Waals surface area contributed by atoms with Gasteiger partial charge in [-0.15, -0.1) is 0 Å². The molecule has 4 heteroatoms. The van der Waals surface area contributed by atoms with Crippen LogP contribution >= 0.6 is 0 Å². The van der Waals surface area contributed by atoms with Gasteiger partial charge in [-0.05, 0) is 45.2 Å². The first kappa shape index (κ1) is 16.7. The number of anilines is 1. The van der Waals surface area contributed by atoms with Crippen molar-refractivity contribution < 1.29 is 9.53 Å². The molecule has 0 atom stereocenters. The van der Waals surface area contributed by atoms with Crippen molar-refractivity contribution in [2.75, 3.05) is 31.1 Å². The largest absolute Gasteiger partial charge is 0.444 e. The summed E-state index contributed by atoms with van der Waals surface area (Å²) < 4.78 is 5.49. The number of rotatable bonds is 2. The number of carbonyl (C=O) groups is 1. The molecule has 1 heterocycles. The second-order valence-corrected chi connectivity index (χ2v) is 6.79. The van der Waals surface area contributed by atoms with Gasteiger partial charge in [-0.2, -0.15) is 0 Å². The highest BCUT2D eigenvalue weighted by Crippen LogP contribution is 2.22. The fourth-order valence-electron chi connectivity index (χ4n) is 2.79. The monoisotopic (exact) mass is 304 g/mol. The Hall–Kier alpha value is -1.71. The summed E-state index contributed by atoms with van der Waals surface area (Å²) in [7, 11) is 0. The molecule has 0 aromatic heterocycles. The lowest BCUT2D eigenvalue weighted by atomic mass is 10.1. The molecule has 1 aromatic rings. The van der Waals surface area contributed by atoms with Gasteiger partial charge in [0.25, 0.3) is 0 Å². The minimum absolute atomic E-state index is 0.196. The number of aryl methyl sites for hydroxylation is 1. The molecule has 0 unspecified atom stereocenters. The topological polar surface area (TPSA) is 32.8 Å². The summed E-state index contributed by atoms with van der Waals surface area (Å²) in [6.07, 6.45) is 1.80. The van der Waals surface area contributed by atoms with E-state index in [1.165, 1.54) is 11.3 Å². The molecule has 0 radical (unpaired) electrons. The van der Waals surface area contributed by atoms with Crippen LogP contribution in [0.3, 0.4) is 0 Å². The van der Waals surface area contributed by atoms with Crippen LogP contribution in [0.4, 0.5) is 10.5 Å². The molecule has 1 fully saturated rings. The smallest absolute Gasteiger partial charge is 0.410 e. The molecule has 4 nitrogen and oxygen atoms in total. The van der Waals surface area contributed by atoms with Crippen molar-refractivity contribution in [1.82, 2.24) is 4.90 Å². The van der Waals surface area contributed by atoms with Crippen LogP contribution in [-0.2, 0) is 11.2 Å². The van der Waals surface area contributed by atoms with Crippen LogP contribution in [0.1, 0.15) is 39.7 Å². The zero-order valence-electron chi connectivity index (χ0n) is 14.3. The minimum Gasteiger partial charge on any atom is -0.444 e. The molecule has 1 amide bonds. The van der Waals surface area contributed by atoms with Gasteiger partial charge in [0.15, 0.2) is 0 Å². The van der Waals surface area contributed by atoms with Gasteiger partial charge in [0.1, 0.15) is 5.60 Å². The van der Waals surface area contributed by atoms with E-state index in [1.807, 2.05) is 25.7 Å². The van der Waals surface area contributed by atoms with E-state index in [2.05, 4.69) is 36.1 Å². The number of para-hydroxylation sites is 1. The molecule has 0 saturated carbocycles. The average molecular weight is 304 g/mol. The molecule has 0 bridgehead atoms. The van der Waals surface area contributed by atoms with Crippen molar-refractivity contribution in [2.24, 2.45) is 0 Å². The molecule has 0 aliphatic carbocycles. The molecule has 2 rings (SSSR count). The number of carbonyl (C=O) groups excluding carboxylic acids is 1. The maximum absolute atomic E-state index is 12.2. The molecule has 1 aliphatic rings. The lowest BCUT2D eigenvalue weighted by molar-refractivity contribution is 0.0263. The second-order valence-electron chi connectivity index (χ2n) is 6.79. The van der Waals surface area contributed by atoms with E-state index >= 15 is 0 Å². The van der Waals surface area contributed by atoms with Crippen molar-refractivity contribution >= 4 is 11.8 Å². The van der Waals surface area contributed by atoms with Crippen molar-refractivity contribution in [3.63, 3.8) is 0 Å². The van der Waals surface area contributed by atoms with E-state index in [1.54, 1.807) is 0 Å². The maximum atomic E-state index is 12.2. The van der Waals surface area contributed by atoms with E-state index in [9.17, 15) is 4.79 Å². The Morgan fingerprint density at radius 2 is 1.86 bits per heavy atom. The summed E-state index contributed by atoms with van der Waals surface area (Å²) in [5.41, 5.74) is 2.24. The molecule has 1 saturated heterocycles. The van der Waals surface area contributed by atoms with E-state index in [0.29, 0.717) is 6.54 Å². The van der Waals surface area contributed by atoms with Crippen molar-refractivity contribution in [3.8, 4) is 0 Å². The van der Waals surface area contributed by atoms with E-state index < -0.39 is 5.60 Å². The highest BCUT2D eigenvalue weighted by Gasteiger charge is 2.24. The second kappa shape index (κ2) is 7.03. The lowest BCUT2D eigenvalue weighted by Crippen LogP contribution is -2.39. The number of ether oxygens (including phenoxy) is 1. The van der Waals surface area contributed by atoms with Gasteiger partial charge in [0, 0.05) is 31.9 Å². The molecule has 1 aliphatic heterocycles. The summed E-state index contributed by atoms with van der Waals surface area (Å²) in [6.45, 7) is 11.2. The third-order valence-corrected chi connectivity index (χ3v) is 3.86. The van der Waals surface area contributed by atoms with Crippen molar-refractivity contribution in [3.05, 3.63) is 29.8 Å². The van der Waals surface area contributed by atoms with E-state index in [-0.39, 0.29) is 6.09 Å². The standard InChI is InChI=1S/C18H28N2O2/c1-5-15-9-6-7-10-16(15)19-11-8-12-20(14-13-19)17(21)22-18(2,3)4/h6-7,9-10H,5,8,11-14H2,1-4H3. The van der Waals surface area contributed by atoms with Gasteiger partial charge in [-0.25, -0.2) is 4.79 Å². The SMILES string of the molecule is CCc1ccccc1N1CCCN(C(=O)OC(C)(C)C)CC1. The Labute approximate surface area is 134 Å². The highest BCUT2D eigenvalue weighted by molar-refractivity contribution is 5.68. The summed E-state index contributed by atoms with van der Waals surface area (Å²) >= 11 is 0. The van der Waals surface area contributed by atoms with Crippen molar-refractivity contribution in [2.45, 2.75) is 46.1 Å². The maximum Gasteiger partial charge on any atom is 0.410 e. The van der Waals surface area contributed by atoms with Crippen LogP contribution in [-0.4, -0.2) is 42.8 Å². The molecular weight excluding hydrogens is 276 g/mol. The van der Waals surface area contributed by atoms with Crippen LogP contribution in [0.2, 0.25) is 0 Å². The predicted octanol–water partition coefficient (Wildman–Crippen LogP) is 3.70. The van der Waals surface area contributed by atoms with Crippen LogP contribution < -0.4 is 4.90 Å². The third-order valence-electron chi connectivity index (χ3n) is 3.86.